The molecule has 7 aromatic rings. The maximum Gasteiger partial charge on any atom is 0.137 e. The van der Waals surface area contributed by atoms with Crippen molar-refractivity contribution in [3.05, 3.63) is 108 Å². The van der Waals surface area contributed by atoms with Gasteiger partial charge in [0.25, 0.3) is 0 Å². The molecule has 7 rings (SSSR count). The van der Waals surface area contributed by atoms with Crippen LogP contribution in [-0.4, -0.2) is 0 Å². The molecule has 0 saturated carbocycles. The van der Waals surface area contributed by atoms with Crippen LogP contribution in [0, 0.1) is 0 Å². The molecule has 150 valence electrons. The normalized spacial score (nSPS) is 11.9. The van der Waals surface area contributed by atoms with Crippen LogP contribution in [0.4, 0.5) is 0 Å². The third-order valence-corrected chi connectivity index (χ3v) is 6.72. The van der Waals surface area contributed by atoms with Gasteiger partial charge < -0.3 is 4.42 Å². The zero-order valence-electron chi connectivity index (χ0n) is 17.1. The second-order valence-corrected chi connectivity index (χ2v) is 8.71. The first-order valence-electron chi connectivity index (χ1n) is 10.7. The Bertz CT molecular complexity index is 1810. The standard InChI is InChI=1S/C30H17ClO/c31-19-16-26(30-25-11-5-6-12-28(25)32-29(30)17-19)18-13-14-24-22-9-2-1-7-20(22)21-8-3-4-10-23(21)27(24)15-18/h1-17H. The van der Waals surface area contributed by atoms with E-state index >= 15 is 0 Å². The topological polar surface area (TPSA) is 13.1 Å². The maximum atomic E-state index is 6.53. The second-order valence-electron chi connectivity index (χ2n) is 8.28. The molecule has 0 radical (unpaired) electrons. The molecule has 0 aliphatic carbocycles. The molecule has 0 fully saturated rings. The highest BCUT2D eigenvalue weighted by molar-refractivity contribution is 6.32. The van der Waals surface area contributed by atoms with Crippen molar-refractivity contribution in [1.82, 2.24) is 0 Å². The monoisotopic (exact) mass is 428 g/mol. The number of fused-ring (bicyclic) bond motifs is 9. The van der Waals surface area contributed by atoms with E-state index in [1.54, 1.807) is 0 Å². The lowest BCUT2D eigenvalue weighted by molar-refractivity contribution is 0.669. The molecule has 1 aromatic heterocycles. The molecule has 6 aromatic carbocycles. The fourth-order valence-corrected chi connectivity index (χ4v) is 5.33. The van der Waals surface area contributed by atoms with Crippen molar-refractivity contribution in [2.45, 2.75) is 0 Å². The van der Waals surface area contributed by atoms with E-state index in [-0.39, 0.29) is 0 Å². The van der Waals surface area contributed by atoms with Crippen molar-refractivity contribution < 1.29 is 4.42 Å². The SMILES string of the molecule is Clc1cc(-c2ccc3c4ccccc4c4ccccc4c3c2)c2c(c1)oc1ccccc12. The minimum Gasteiger partial charge on any atom is -0.456 e. The van der Waals surface area contributed by atoms with Gasteiger partial charge in [-0.05, 0) is 61.6 Å². The molecule has 0 aliphatic rings. The molecular weight excluding hydrogens is 412 g/mol. The van der Waals surface area contributed by atoms with E-state index in [1.807, 2.05) is 18.2 Å². The Morgan fingerprint density at radius 1 is 0.469 bits per heavy atom. The summed E-state index contributed by atoms with van der Waals surface area (Å²) in [7, 11) is 0. The highest BCUT2D eigenvalue weighted by Gasteiger charge is 2.15. The van der Waals surface area contributed by atoms with Crippen LogP contribution in [0.25, 0.3) is 65.4 Å². The van der Waals surface area contributed by atoms with Gasteiger partial charge in [-0.1, -0.05) is 90.5 Å². The molecule has 0 N–H and O–H groups in total. The largest absolute Gasteiger partial charge is 0.456 e. The first-order valence-corrected chi connectivity index (χ1v) is 11.1. The van der Waals surface area contributed by atoms with Gasteiger partial charge in [-0.15, -0.1) is 0 Å². The van der Waals surface area contributed by atoms with Gasteiger partial charge in [0.1, 0.15) is 11.2 Å². The van der Waals surface area contributed by atoms with E-state index in [2.05, 4.69) is 84.9 Å². The summed E-state index contributed by atoms with van der Waals surface area (Å²) in [6.45, 7) is 0. The van der Waals surface area contributed by atoms with Crippen LogP contribution in [-0.2, 0) is 0 Å². The Morgan fingerprint density at radius 3 is 1.72 bits per heavy atom. The smallest absolute Gasteiger partial charge is 0.137 e. The molecule has 2 heteroatoms. The number of hydrogen-bond donors (Lipinski definition) is 0. The minimum absolute atomic E-state index is 0.676. The van der Waals surface area contributed by atoms with E-state index in [1.165, 1.54) is 32.3 Å². The zero-order valence-corrected chi connectivity index (χ0v) is 17.9. The van der Waals surface area contributed by atoms with Crippen molar-refractivity contribution in [3.63, 3.8) is 0 Å². The Balaban J connectivity index is 1.63. The summed E-state index contributed by atoms with van der Waals surface area (Å²) in [5.41, 5.74) is 3.92. The highest BCUT2D eigenvalue weighted by Crippen LogP contribution is 2.41. The van der Waals surface area contributed by atoms with Crippen LogP contribution in [0.2, 0.25) is 5.02 Å². The Kier molecular flexibility index (Phi) is 3.67. The van der Waals surface area contributed by atoms with E-state index in [4.69, 9.17) is 16.0 Å². The number of para-hydroxylation sites is 1. The van der Waals surface area contributed by atoms with Crippen molar-refractivity contribution in [2.24, 2.45) is 0 Å². The predicted molar refractivity (Wildman–Crippen MR) is 137 cm³/mol. The lowest BCUT2D eigenvalue weighted by Crippen LogP contribution is -1.86. The molecule has 0 aliphatic heterocycles. The van der Waals surface area contributed by atoms with Gasteiger partial charge in [0.2, 0.25) is 0 Å². The van der Waals surface area contributed by atoms with Gasteiger partial charge >= 0.3 is 0 Å². The molecule has 1 nitrogen and oxygen atoms in total. The molecule has 0 amide bonds. The van der Waals surface area contributed by atoms with Crippen LogP contribution >= 0.6 is 11.6 Å². The number of hydrogen-bond acceptors (Lipinski definition) is 1. The van der Waals surface area contributed by atoms with E-state index in [0.717, 1.165) is 33.1 Å². The third-order valence-electron chi connectivity index (χ3n) is 6.50. The number of furan rings is 1. The van der Waals surface area contributed by atoms with Gasteiger partial charge in [0.05, 0.1) is 0 Å². The molecule has 0 unspecified atom stereocenters. The third kappa shape index (κ3) is 2.46. The summed E-state index contributed by atoms with van der Waals surface area (Å²) >= 11 is 6.53. The zero-order chi connectivity index (χ0) is 21.2. The molecule has 0 spiro atoms. The average molecular weight is 429 g/mol. The second kappa shape index (κ2) is 6.59. The Labute approximate surface area is 189 Å². The fourth-order valence-electron chi connectivity index (χ4n) is 5.12. The molecule has 1 heterocycles. The van der Waals surface area contributed by atoms with Gasteiger partial charge in [-0.25, -0.2) is 0 Å². The van der Waals surface area contributed by atoms with Gasteiger partial charge in [0.15, 0.2) is 0 Å². The van der Waals surface area contributed by atoms with Crippen molar-refractivity contribution >= 4 is 65.9 Å². The predicted octanol–water partition coefficient (Wildman–Crippen LogP) is 9.37. The van der Waals surface area contributed by atoms with Crippen LogP contribution < -0.4 is 0 Å². The first-order chi connectivity index (χ1) is 15.8. The summed E-state index contributed by atoms with van der Waals surface area (Å²) in [5.74, 6) is 0. The van der Waals surface area contributed by atoms with Crippen LogP contribution in [0.1, 0.15) is 0 Å². The molecule has 0 saturated heterocycles. The van der Waals surface area contributed by atoms with Gasteiger partial charge in [0, 0.05) is 21.9 Å². The van der Waals surface area contributed by atoms with Crippen molar-refractivity contribution in [1.29, 1.82) is 0 Å². The minimum atomic E-state index is 0.676. The maximum absolute atomic E-state index is 6.53. The Hall–Kier alpha value is -3.81. The van der Waals surface area contributed by atoms with Crippen LogP contribution in [0.15, 0.2) is 108 Å². The highest BCUT2D eigenvalue weighted by atomic mass is 35.5. The summed E-state index contributed by atoms with van der Waals surface area (Å²) in [6.07, 6.45) is 0. The van der Waals surface area contributed by atoms with Crippen molar-refractivity contribution in [3.8, 4) is 11.1 Å². The molecule has 32 heavy (non-hydrogen) atoms. The summed E-state index contributed by atoms with van der Waals surface area (Å²) in [6, 6.07) is 36.2. The first kappa shape index (κ1) is 17.8. The lowest BCUT2D eigenvalue weighted by atomic mass is 9.91. The summed E-state index contributed by atoms with van der Waals surface area (Å²) in [5, 5.41) is 10.5. The van der Waals surface area contributed by atoms with Gasteiger partial charge in [-0.2, -0.15) is 0 Å². The number of rotatable bonds is 1. The quantitative estimate of drug-likeness (QED) is 0.237. The summed E-state index contributed by atoms with van der Waals surface area (Å²) < 4.78 is 6.13. The molecule has 0 bridgehead atoms. The van der Waals surface area contributed by atoms with Crippen LogP contribution in [0.3, 0.4) is 0 Å². The summed E-state index contributed by atoms with van der Waals surface area (Å²) in [4.78, 5) is 0. The van der Waals surface area contributed by atoms with E-state index in [9.17, 15) is 0 Å². The fraction of sp³-hybridized carbons (Fsp3) is 0. The average Bonchev–Trinajstić information content (AvgIpc) is 3.21. The molecule has 0 atom stereocenters. The lowest BCUT2D eigenvalue weighted by Gasteiger charge is -2.12. The van der Waals surface area contributed by atoms with E-state index < -0.39 is 0 Å². The number of halogens is 1. The van der Waals surface area contributed by atoms with Gasteiger partial charge in [-0.3, -0.25) is 0 Å². The van der Waals surface area contributed by atoms with Crippen molar-refractivity contribution in [2.75, 3.05) is 0 Å². The Morgan fingerprint density at radius 2 is 1.03 bits per heavy atom. The number of benzene rings is 6. The molecular formula is C30H17ClO. The van der Waals surface area contributed by atoms with E-state index in [0.29, 0.717) is 5.02 Å². The van der Waals surface area contributed by atoms with Crippen LogP contribution in [0.5, 0.6) is 0 Å².